The fraction of sp³-hybridized carbons (Fsp3) is 0. The minimum atomic E-state index is -0.626. The van der Waals surface area contributed by atoms with Gasteiger partial charge in [0.15, 0.2) is 0 Å². The minimum Gasteiger partial charge on any atom is -0.346 e. The van der Waals surface area contributed by atoms with E-state index in [1.54, 1.807) is 12.4 Å². The van der Waals surface area contributed by atoms with E-state index in [1.165, 1.54) is 0 Å². The van der Waals surface area contributed by atoms with Crippen molar-refractivity contribution in [1.82, 2.24) is 9.97 Å². The zero-order chi connectivity index (χ0) is 12.2. The second-order valence-electron chi connectivity index (χ2n) is 3.60. The molecule has 0 aliphatic carbocycles. The third-order valence-electron chi connectivity index (χ3n) is 2.62. The van der Waals surface area contributed by atoms with E-state index in [-0.39, 0.29) is 10.6 Å². The Kier molecular flexibility index (Phi) is 2.21. The summed E-state index contributed by atoms with van der Waals surface area (Å²) in [7, 11) is 0. The first-order valence-corrected chi connectivity index (χ1v) is 5.88. The minimum absolute atomic E-state index is 0.00382. The van der Waals surface area contributed by atoms with E-state index in [0.29, 0.717) is 11.2 Å². The Labute approximate surface area is 108 Å². The van der Waals surface area contributed by atoms with E-state index in [1.807, 2.05) is 6.07 Å². The predicted octanol–water partition coefficient (Wildman–Crippen LogP) is 2.24. The number of H-pyrrole nitrogens is 1. The predicted molar refractivity (Wildman–Crippen MR) is 69.2 cm³/mol. The number of rotatable bonds is 1. The fourth-order valence-electron chi connectivity index (χ4n) is 1.79. The number of hydrogen-bond donors (Lipinski definition) is 1. The Morgan fingerprint density at radius 2 is 2.06 bits per heavy atom. The van der Waals surface area contributed by atoms with Crippen LogP contribution in [0, 0.1) is 0 Å². The van der Waals surface area contributed by atoms with Crippen molar-refractivity contribution in [2.75, 3.05) is 0 Å². The highest BCUT2D eigenvalue weighted by molar-refractivity contribution is 9.10. The number of pyridine rings is 1. The van der Waals surface area contributed by atoms with Gasteiger partial charge < -0.3 is 4.98 Å². The number of nitrogens with one attached hydrogen (secondary N) is 1. The van der Waals surface area contributed by atoms with Crippen molar-refractivity contribution in [1.29, 1.82) is 0 Å². The maximum atomic E-state index is 11.5. The maximum Gasteiger partial charge on any atom is 0.245 e. The van der Waals surface area contributed by atoms with E-state index in [0.717, 1.165) is 9.86 Å². The van der Waals surface area contributed by atoms with Gasteiger partial charge in [-0.3, -0.25) is 9.59 Å². The van der Waals surface area contributed by atoms with Gasteiger partial charge in [0, 0.05) is 27.8 Å². The van der Waals surface area contributed by atoms with Crippen LogP contribution in [0.2, 0.25) is 5.02 Å². The van der Waals surface area contributed by atoms with Gasteiger partial charge in [-0.2, -0.15) is 0 Å². The fourth-order valence-corrected chi connectivity index (χ4v) is 2.39. The molecule has 0 aliphatic rings. The standard InChI is InChI=1S/C11H4BrClN2O2/c12-4-1-5-6(3-15-11(5)14-2-4)7-8(13)10(17)9(7)16/h1-3H,(H,14,15). The third kappa shape index (κ3) is 1.39. The second kappa shape index (κ2) is 3.51. The van der Waals surface area contributed by atoms with Crippen molar-refractivity contribution in [3.05, 3.63) is 48.4 Å². The van der Waals surface area contributed by atoms with Crippen molar-refractivity contribution in [3.63, 3.8) is 0 Å². The van der Waals surface area contributed by atoms with E-state index in [2.05, 4.69) is 25.9 Å². The SMILES string of the molecule is O=c1c(Cl)c(-c2c[nH]c3ncc(Br)cc23)c1=O. The van der Waals surface area contributed by atoms with Crippen molar-refractivity contribution < 1.29 is 0 Å². The highest BCUT2D eigenvalue weighted by atomic mass is 79.9. The lowest BCUT2D eigenvalue weighted by molar-refractivity contribution is 1.31. The largest absolute Gasteiger partial charge is 0.346 e. The molecule has 0 atom stereocenters. The first-order valence-electron chi connectivity index (χ1n) is 4.71. The molecule has 2 heterocycles. The van der Waals surface area contributed by atoms with Gasteiger partial charge in [0.1, 0.15) is 10.7 Å². The summed E-state index contributed by atoms with van der Waals surface area (Å²) < 4.78 is 0.792. The van der Waals surface area contributed by atoms with Crippen LogP contribution in [0.15, 0.2) is 32.5 Å². The van der Waals surface area contributed by atoms with E-state index in [4.69, 9.17) is 11.6 Å². The van der Waals surface area contributed by atoms with Crippen LogP contribution in [0.5, 0.6) is 0 Å². The molecule has 0 aliphatic heterocycles. The average molecular weight is 312 g/mol. The molecule has 3 rings (SSSR count). The molecule has 0 unspecified atom stereocenters. The van der Waals surface area contributed by atoms with Crippen LogP contribution in [-0.4, -0.2) is 9.97 Å². The molecule has 2 aromatic heterocycles. The Morgan fingerprint density at radius 3 is 2.76 bits per heavy atom. The monoisotopic (exact) mass is 310 g/mol. The summed E-state index contributed by atoms with van der Waals surface area (Å²) in [5, 5.41) is 0.754. The summed E-state index contributed by atoms with van der Waals surface area (Å²) in [6.07, 6.45) is 3.28. The van der Waals surface area contributed by atoms with Crippen LogP contribution in [0.3, 0.4) is 0 Å². The molecule has 0 amide bonds. The molecule has 0 saturated carbocycles. The van der Waals surface area contributed by atoms with Crippen LogP contribution in [0.4, 0.5) is 0 Å². The molecule has 4 nitrogen and oxygen atoms in total. The Balaban J connectivity index is 2.36. The molecule has 84 valence electrons. The first kappa shape index (κ1) is 10.7. The molecule has 6 heteroatoms. The van der Waals surface area contributed by atoms with Crippen molar-refractivity contribution >= 4 is 38.6 Å². The quantitative estimate of drug-likeness (QED) is 0.701. The van der Waals surface area contributed by atoms with Gasteiger partial charge in [-0.1, -0.05) is 11.6 Å². The molecule has 17 heavy (non-hydrogen) atoms. The van der Waals surface area contributed by atoms with Gasteiger partial charge in [-0.05, 0) is 22.0 Å². The Morgan fingerprint density at radius 1 is 1.29 bits per heavy atom. The number of aromatic nitrogens is 2. The van der Waals surface area contributed by atoms with E-state index in [9.17, 15) is 9.59 Å². The third-order valence-corrected chi connectivity index (χ3v) is 3.41. The topological polar surface area (TPSA) is 62.8 Å². The van der Waals surface area contributed by atoms with Gasteiger partial charge in [-0.25, -0.2) is 4.98 Å². The van der Waals surface area contributed by atoms with Gasteiger partial charge in [-0.15, -0.1) is 0 Å². The van der Waals surface area contributed by atoms with Crippen LogP contribution in [0.25, 0.3) is 22.2 Å². The number of fused-ring (bicyclic) bond motifs is 1. The van der Waals surface area contributed by atoms with Crippen LogP contribution in [-0.2, 0) is 0 Å². The smallest absolute Gasteiger partial charge is 0.245 e. The molecule has 0 fully saturated rings. The zero-order valence-corrected chi connectivity index (χ0v) is 10.6. The molecular weight excluding hydrogens is 307 g/mol. The van der Waals surface area contributed by atoms with Crippen LogP contribution >= 0.6 is 27.5 Å². The summed E-state index contributed by atoms with van der Waals surface area (Å²) >= 11 is 9.06. The van der Waals surface area contributed by atoms with Gasteiger partial charge in [0.25, 0.3) is 0 Å². The summed E-state index contributed by atoms with van der Waals surface area (Å²) in [4.78, 5) is 29.6. The summed E-state index contributed by atoms with van der Waals surface area (Å²) in [6.45, 7) is 0. The highest BCUT2D eigenvalue weighted by Gasteiger charge is 2.23. The Bertz CT molecular complexity index is 815. The lowest BCUT2D eigenvalue weighted by Gasteiger charge is -2.03. The molecule has 0 bridgehead atoms. The van der Waals surface area contributed by atoms with Crippen molar-refractivity contribution in [2.45, 2.75) is 0 Å². The highest BCUT2D eigenvalue weighted by Crippen LogP contribution is 2.31. The summed E-state index contributed by atoms with van der Waals surface area (Å²) in [5.41, 5.74) is 0.355. The van der Waals surface area contributed by atoms with Crippen molar-refractivity contribution in [2.24, 2.45) is 0 Å². The molecular formula is C11H4BrClN2O2. The summed E-state index contributed by atoms with van der Waals surface area (Å²) in [5.74, 6) is 0. The molecule has 0 saturated heterocycles. The first-order chi connectivity index (χ1) is 8.09. The van der Waals surface area contributed by atoms with Gasteiger partial charge in [0.05, 0.1) is 5.56 Å². The van der Waals surface area contributed by atoms with E-state index < -0.39 is 10.9 Å². The summed E-state index contributed by atoms with van der Waals surface area (Å²) in [6, 6.07) is 1.82. The maximum absolute atomic E-state index is 11.5. The van der Waals surface area contributed by atoms with Crippen LogP contribution in [0.1, 0.15) is 0 Å². The molecule has 1 N–H and O–H groups in total. The van der Waals surface area contributed by atoms with Gasteiger partial charge in [0.2, 0.25) is 10.9 Å². The van der Waals surface area contributed by atoms with Crippen LogP contribution < -0.4 is 10.9 Å². The number of hydrogen-bond acceptors (Lipinski definition) is 3. The van der Waals surface area contributed by atoms with Gasteiger partial charge >= 0.3 is 0 Å². The van der Waals surface area contributed by atoms with Crippen molar-refractivity contribution in [3.8, 4) is 11.1 Å². The second-order valence-corrected chi connectivity index (χ2v) is 4.89. The average Bonchev–Trinajstić information content (AvgIpc) is 2.72. The lowest BCUT2D eigenvalue weighted by atomic mass is 10.0. The Hall–Kier alpha value is -1.46. The number of aromatic amines is 1. The number of halogens is 2. The van der Waals surface area contributed by atoms with E-state index >= 15 is 0 Å². The number of nitrogens with zero attached hydrogens (tertiary/aromatic N) is 1. The molecule has 1 aromatic carbocycles. The zero-order valence-electron chi connectivity index (χ0n) is 8.25. The molecule has 0 spiro atoms. The molecule has 3 aromatic rings. The molecule has 0 radical (unpaired) electrons. The lowest BCUT2D eigenvalue weighted by Crippen LogP contribution is -2.33. The normalized spacial score (nSPS) is 11.4.